The van der Waals surface area contributed by atoms with Gasteiger partial charge in [-0.1, -0.05) is 33.6 Å². The van der Waals surface area contributed by atoms with E-state index < -0.39 is 10.8 Å². The van der Waals surface area contributed by atoms with Crippen LogP contribution >= 0.6 is 0 Å². The second kappa shape index (κ2) is 7.93. The Morgan fingerprint density at radius 1 is 1.15 bits per heavy atom. The summed E-state index contributed by atoms with van der Waals surface area (Å²) in [5.74, 6) is 3.09. The maximum atomic E-state index is 12.9. The fourth-order valence-electron chi connectivity index (χ4n) is 4.32. The Morgan fingerprint density at radius 3 is 2.50 bits per heavy atom. The molecule has 0 aliphatic heterocycles. The third-order valence-corrected chi connectivity index (χ3v) is 7.42. The first-order valence-corrected chi connectivity index (χ1v) is 10.1. The smallest absolute Gasteiger partial charge is 0.0527 e. The quantitative estimate of drug-likeness (QED) is 0.810. The Hall–Kier alpha value is 0.110. The molecule has 5 atom stereocenters. The normalized spacial score (nSPS) is 37.1. The van der Waals surface area contributed by atoms with E-state index in [1.54, 1.807) is 0 Å². The van der Waals surface area contributed by atoms with Gasteiger partial charge in [-0.3, -0.25) is 4.21 Å². The van der Waals surface area contributed by atoms with Crippen LogP contribution in [0.25, 0.3) is 0 Å². The molecule has 2 fully saturated rings. The molecular formula is C17H33NOS. The minimum Gasteiger partial charge on any atom is -0.313 e. The summed E-state index contributed by atoms with van der Waals surface area (Å²) in [6.07, 6.45) is 8.98. The lowest BCUT2D eigenvalue weighted by molar-refractivity contribution is 0.245. The molecule has 0 radical (unpaired) electrons. The van der Waals surface area contributed by atoms with Crippen molar-refractivity contribution in [1.82, 2.24) is 5.32 Å². The van der Waals surface area contributed by atoms with Gasteiger partial charge in [-0.15, -0.1) is 0 Å². The first kappa shape index (κ1) is 16.5. The molecule has 0 aromatic carbocycles. The van der Waals surface area contributed by atoms with Gasteiger partial charge in [0.2, 0.25) is 0 Å². The zero-order chi connectivity index (χ0) is 14.5. The van der Waals surface area contributed by atoms with Crippen molar-refractivity contribution in [3.05, 3.63) is 0 Å². The second-order valence-corrected chi connectivity index (χ2v) is 8.92. The van der Waals surface area contributed by atoms with Crippen LogP contribution in [0.2, 0.25) is 0 Å². The van der Waals surface area contributed by atoms with Crippen LogP contribution in [-0.2, 0) is 10.8 Å². The molecule has 1 N–H and O–H groups in total. The zero-order valence-electron chi connectivity index (χ0n) is 13.6. The third-order valence-electron chi connectivity index (χ3n) is 5.22. The largest absolute Gasteiger partial charge is 0.313 e. The van der Waals surface area contributed by atoms with Crippen LogP contribution in [0.5, 0.6) is 0 Å². The monoisotopic (exact) mass is 299 g/mol. The zero-order valence-corrected chi connectivity index (χ0v) is 14.4. The lowest BCUT2D eigenvalue weighted by Gasteiger charge is -2.40. The Labute approximate surface area is 127 Å². The Bertz CT molecular complexity index is 314. The minimum atomic E-state index is -0.637. The van der Waals surface area contributed by atoms with Crippen molar-refractivity contribution in [2.45, 2.75) is 77.0 Å². The molecule has 2 saturated carbocycles. The predicted octanol–water partition coefficient (Wildman–Crippen LogP) is 3.73. The SMILES string of the molecule is CCCNC1CC(C)CC(C)C1S(=O)CC1CCCC1. The molecule has 0 spiro atoms. The molecule has 3 heteroatoms. The predicted molar refractivity (Wildman–Crippen MR) is 88.4 cm³/mol. The fraction of sp³-hybridized carbons (Fsp3) is 1.00. The molecule has 2 rings (SSSR count). The lowest BCUT2D eigenvalue weighted by Crippen LogP contribution is -2.51. The highest BCUT2D eigenvalue weighted by Gasteiger charge is 2.38. The van der Waals surface area contributed by atoms with Crippen molar-refractivity contribution in [2.75, 3.05) is 12.3 Å². The van der Waals surface area contributed by atoms with Crippen molar-refractivity contribution in [3.63, 3.8) is 0 Å². The van der Waals surface area contributed by atoms with E-state index in [0.29, 0.717) is 17.2 Å². The van der Waals surface area contributed by atoms with Gasteiger partial charge in [-0.05, 0) is 56.4 Å². The van der Waals surface area contributed by atoms with Crippen LogP contribution in [0.3, 0.4) is 0 Å². The van der Waals surface area contributed by atoms with Gasteiger partial charge >= 0.3 is 0 Å². The molecule has 2 aliphatic carbocycles. The summed E-state index contributed by atoms with van der Waals surface area (Å²) in [6.45, 7) is 7.97. The summed E-state index contributed by atoms with van der Waals surface area (Å²) in [6, 6.07) is 0.482. The van der Waals surface area contributed by atoms with Crippen molar-refractivity contribution < 1.29 is 4.21 Å². The topological polar surface area (TPSA) is 29.1 Å². The number of nitrogens with one attached hydrogen (secondary N) is 1. The molecule has 0 bridgehead atoms. The second-order valence-electron chi connectivity index (χ2n) is 7.28. The standard InChI is InChI=1S/C17H33NOS/c1-4-9-18-16-11-13(2)10-14(3)17(16)20(19)12-15-7-5-6-8-15/h13-18H,4-12H2,1-3H3. The first-order valence-electron chi connectivity index (χ1n) is 8.72. The summed E-state index contributed by atoms with van der Waals surface area (Å²) < 4.78 is 12.9. The molecule has 5 unspecified atom stereocenters. The molecule has 0 amide bonds. The number of rotatable bonds is 6. The van der Waals surface area contributed by atoms with Crippen molar-refractivity contribution in [3.8, 4) is 0 Å². The number of hydrogen-bond acceptors (Lipinski definition) is 2. The van der Waals surface area contributed by atoms with Crippen molar-refractivity contribution in [1.29, 1.82) is 0 Å². The van der Waals surface area contributed by atoms with Crippen LogP contribution in [0.15, 0.2) is 0 Å². The Morgan fingerprint density at radius 2 is 1.85 bits per heavy atom. The van der Waals surface area contributed by atoms with E-state index >= 15 is 0 Å². The molecule has 118 valence electrons. The summed E-state index contributed by atoms with van der Waals surface area (Å²) in [5, 5.41) is 4.08. The van der Waals surface area contributed by atoms with E-state index in [-0.39, 0.29) is 0 Å². The molecule has 2 aliphatic rings. The average Bonchev–Trinajstić information content (AvgIpc) is 2.88. The van der Waals surface area contributed by atoms with Crippen LogP contribution in [0.4, 0.5) is 0 Å². The highest BCUT2D eigenvalue weighted by atomic mass is 32.2. The summed E-state index contributed by atoms with van der Waals surface area (Å²) in [4.78, 5) is 0. The molecule has 0 heterocycles. The van der Waals surface area contributed by atoms with Gasteiger partial charge in [0.05, 0.1) is 5.25 Å². The third kappa shape index (κ3) is 4.30. The van der Waals surface area contributed by atoms with E-state index in [1.165, 1.54) is 44.9 Å². The van der Waals surface area contributed by atoms with Gasteiger partial charge in [0.15, 0.2) is 0 Å². The maximum Gasteiger partial charge on any atom is 0.0527 e. The van der Waals surface area contributed by atoms with Crippen molar-refractivity contribution in [2.24, 2.45) is 17.8 Å². The van der Waals surface area contributed by atoms with Crippen molar-refractivity contribution >= 4 is 10.8 Å². The van der Waals surface area contributed by atoms with Crippen LogP contribution in [0.1, 0.15) is 65.7 Å². The summed E-state index contributed by atoms with van der Waals surface area (Å²) in [5.41, 5.74) is 0. The first-order chi connectivity index (χ1) is 9.61. The summed E-state index contributed by atoms with van der Waals surface area (Å²) in [7, 11) is -0.637. The highest BCUT2D eigenvalue weighted by molar-refractivity contribution is 7.85. The maximum absolute atomic E-state index is 12.9. The van der Waals surface area contributed by atoms with Gasteiger partial charge in [-0.2, -0.15) is 0 Å². The average molecular weight is 300 g/mol. The van der Waals surface area contributed by atoms with Gasteiger partial charge in [0.1, 0.15) is 0 Å². The molecule has 0 aromatic heterocycles. The Kier molecular flexibility index (Phi) is 6.54. The Balaban J connectivity index is 1.97. The lowest BCUT2D eigenvalue weighted by atomic mass is 9.80. The van der Waals surface area contributed by atoms with E-state index in [4.69, 9.17) is 0 Å². The fourth-order valence-corrected chi connectivity index (χ4v) is 6.54. The highest BCUT2D eigenvalue weighted by Crippen LogP contribution is 2.34. The van der Waals surface area contributed by atoms with Crippen LogP contribution in [-0.4, -0.2) is 27.8 Å². The van der Waals surface area contributed by atoms with Gasteiger partial charge in [0, 0.05) is 22.6 Å². The van der Waals surface area contributed by atoms with Crippen LogP contribution in [0, 0.1) is 17.8 Å². The molecule has 0 aromatic rings. The van der Waals surface area contributed by atoms with E-state index in [1.807, 2.05) is 0 Å². The van der Waals surface area contributed by atoms with Crippen LogP contribution < -0.4 is 5.32 Å². The van der Waals surface area contributed by atoms with E-state index in [2.05, 4.69) is 26.1 Å². The van der Waals surface area contributed by atoms with Gasteiger partial charge < -0.3 is 5.32 Å². The van der Waals surface area contributed by atoms with E-state index in [9.17, 15) is 4.21 Å². The summed E-state index contributed by atoms with van der Waals surface area (Å²) >= 11 is 0. The molecule has 20 heavy (non-hydrogen) atoms. The van der Waals surface area contributed by atoms with Gasteiger partial charge in [-0.25, -0.2) is 0 Å². The minimum absolute atomic E-state index is 0.387. The molecule has 2 nitrogen and oxygen atoms in total. The molecule has 0 saturated heterocycles. The van der Waals surface area contributed by atoms with Gasteiger partial charge in [0.25, 0.3) is 0 Å². The number of hydrogen-bond donors (Lipinski definition) is 1. The molecular weight excluding hydrogens is 266 g/mol. The van der Waals surface area contributed by atoms with E-state index in [0.717, 1.165) is 24.1 Å².